The first-order valence-corrected chi connectivity index (χ1v) is 6.50. The van der Waals surface area contributed by atoms with Gasteiger partial charge in [-0.25, -0.2) is 0 Å². The fourth-order valence-corrected chi connectivity index (χ4v) is 3.01. The lowest BCUT2D eigenvalue weighted by Gasteiger charge is -2.39. The minimum atomic E-state index is 0.263. The van der Waals surface area contributed by atoms with Gasteiger partial charge in [-0.1, -0.05) is 0 Å². The highest BCUT2D eigenvalue weighted by Crippen LogP contribution is 2.32. The maximum Gasteiger partial charge on any atom is 0.0558 e. The predicted octanol–water partition coefficient (Wildman–Crippen LogP) is 0.396. The maximum atomic E-state index is 8.86. The molecular formula is C10H22N2OS. The quantitative estimate of drug-likeness (QED) is 0.700. The first-order chi connectivity index (χ1) is 6.72. The Balaban J connectivity index is 2.42. The van der Waals surface area contributed by atoms with Gasteiger partial charge in [0.2, 0.25) is 0 Å². The van der Waals surface area contributed by atoms with Crippen LogP contribution in [0, 0.1) is 0 Å². The minimum absolute atomic E-state index is 0.263. The van der Waals surface area contributed by atoms with Crippen molar-refractivity contribution in [2.24, 2.45) is 0 Å². The van der Waals surface area contributed by atoms with Crippen LogP contribution in [0.3, 0.4) is 0 Å². The molecule has 84 valence electrons. The highest BCUT2D eigenvalue weighted by atomic mass is 32.2. The van der Waals surface area contributed by atoms with Crippen LogP contribution in [0.4, 0.5) is 0 Å². The molecule has 0 aliphatic carbocycles. The van der Waals surface area contributed by atoms with Crippen molar-refractivity contribution in [3.05, 3.63) is 0 Å². The smallest absolute Gasteiger partial charge is 0.0558 e. The van der Waals surface area contributed by atoms with Crippen molar-refractivity contribution in [1.82, 2.24) is 10.2 Å². The molecule has 0 unspecified atom stereocenters. The molecule has 0 aromatic carbocycles. The monoisotopic (exact) mass is 218 g/mol. The van der Waals surface area contributed by atoms with Crippen molar-refractivity contribution >= 4 is 11.8 Å². The summed E-state index contributed by atoms with van der Waals surface area (Å²) in [4.78, 5) is 2.24. The number of hydrogen-bond donors (Lipinski definition) is 2. The van der Waals surface area contributed by atoms with E-state index in [0.29, 0.717) is 4.75 Å². The van der Waals surface area contributed by atoms with Gasteiger partial charge in [0.25, 0.3) is 0 Å². The van der Waals surface area contributed by atoms with Crippen LogP contribution in [-0.4, -0.2) is 60.8 Å². The van der Waals surface area contributed by atoms with Crippen LogP contribution >= 0.6 is 11.8 Å². The van der Waals surface area contributed by atoms with Crippen LogP contribution in [-0.2, 0) is 0 Å². The van der Waals surface area contributed by atoms with Crippen LogP contribution < -0.4 is 5.32 Å². The molecule has 1 fully saturated rings. The maximum absolute atomic E-state index is 8.86. The zero-order valence-corrected chi connectivity index (χ0v) is 10.1. The van der Waals surface area contributed by atoms with E-state index in [4.69, 9.17) is 5.11 Å². The third kappa shape index (κ3) is 3.42. The zero-order chi connectivity index (χ0) is 10.4. The molecular weight excluding hydrogens is 196 g/mol. The number of nitrogens with zero attached hydrogens (tertiary/aromatic N) is 1. The Labute approximate surface area is 91.2 Å². The zero-order valence-electron chi connectivity index (χ0n) is 9.25. The SMILES string of the molecule is CSC1(CN(C)CCO)CCNCC1. The summed E-state index contributed by atoms with van der Waals surface area (Å²) in [6, 6.07) is 0. The fraction of sp³-hybridized carbons (Fsp3) is 1.00. The molecule has 0 spiro atoms. The first kappa shape index (κ1) is 12.3. The van der Waals surface area contributed by atoms with Gasteiger partial charge in [0.15, 0.2) is 0 Å². The van der Waals surface area contributed by atoms with E-state index in [9.17, 15) is 0 Å². The Morgan fingerprint density at radius 1 is 1.43 bits per heavy atom. The standard InChI is InChI=1S/C10H22N2OS/c1-12(7-8-13)9-10(14-2)3-5-11-6-4-10/h11,13H,3-9H2,1-2H3. The van der Waals surface area contributed by atoms with Crippen molar-refractivity contribution in [2.45, 2.75) is 17.6 Å². The molecule has 14 heavy (non-hydrogen) atoms. The summed E-state index contributed by atoms with van der Waals surface area (Å²) in [6.45, 7) is 4.41. The van der Waals surface area contributed by atoms with Gasteiger partial charge in [-0.15, -0.1) is 0 Å². The second-order valence-corrected chi connectivity index (χ2v) is 5.37. The molecule has 2 N–H and O–H groups in total. The second-order valence-electron chi connectivity index (χ2n) is 4.10. The number of piperidine rings is 1. The van der Waals surface area contributed by atoms with E-state index >= 15 is 0 Å². The second kappa shape index (κ2) is 5.95. The molecule has 0 bridgehead atoms. The van der Waals surface area contributed by atoms with Gasteiger partial charge in [0, 0.05) is 17.8 Å². The Bertz CT molecular complexity index is 160. The van der Waals surface area contributed by atoms with E-state index in [2.05, 4.69) is 23.5 Å². The molecule has 0 saturated carbocycles. The summed E-state index contributed by atoms with van der Waals surface area (Å²) in [5.74, 6) is 0. The van der Waals surface area contributed by atoms with Crippen molar-refractivity contribution in [3.8, 4) is 0 Å². The highest BCUT2D eigenvalue weighted by molar-refractivity contribution is 8.00. The lowest BCUT2D eigenvalue weighted by Crippen LogP contribution is -2.47. The van der Waals surface area contributed by atoms with Crippen LogP contribution in [0.1, 0.15) is 12.8 Å². The number of aliphatic hydroxyl groups is 1. The van der Waals surface area contributed by atoms with Gasteiger partial charge < -0.3 is 15.3 Å². The topological polar surface area (TPSA) is 35.5 Å². The first-order valence-electron chi connectivity index (χ1n) is 5.28. The number of thioether (sulfide) groups is 1. The predicted molar refractivity (Wildman–Crippen MR) is 62.9 cm³/mol. The molecule has 1 aliphatic rings. The van der Waals surface area contributed by atoms with Gasteiger partial charge in [-0.2, -0.15) is 11.8 Å². The molecule has 1 aliphatic heterocycles. The third-order valence-corrected chi connectivity index (χ3v) is 4.39. The number of hydrogen-bond acceptors (Lipinski definition) is 4. The average molecular weight is 218 g/mol. The Hall–Kier alpha value is 0.230. The van der Waals surface area contributed by atoms with E-state index in [-0.39, 0.29) is 6.61 Å². The number of rotatable bonds is 5. The molecule has 0 aromatic rings. The largest absolute Gasteiger partial charge is 0.395 e. The van der Waals surface area contributed by atoms with Crippen molar-refractivity contribution in [1.29, 1.82) is 0 Å². The number of aliphatic hydroxyl groups excluding tert-OH is 1. The number of nitrogens with one attached hydrogen (secondary N) is 1. The average Bonchev–Trinajstić information content (AvgIpc) is 2.19. The van der Waals surface area contributed by atoms with E-state index in [1.54, 1.807) is 0 Å². The highest BCUT2D eigenvalue weighted by Gasteiger charge is 2.31. The Morgan fingerprint density at radius 2 is 2.07 bits per heavy atom. The molecule has 0 amide bonds. The van der Waals surface area contributed by atoms with Gasteiger partial charge in [-0.3, -0.25) is 0 Å². The molecule has 0 atom stereocenters. The molecule has 3 nitrogen and oxygen atoms in total. The van der Waals surface area contributed by atoms with Crippen LogP contribution in [0.15, 0.2) is 0 Å². The summed E-state index contributed by atoms with van der Waals surface area (Å²) in [5.41, 5.74) is 0. The minimum Gasteiger partial charge on any atom is -0.395 e. The number of likely N-dealkylation sites (N-methyl/N-ethyl adjacent to an activating group) is 1. The van der Waals surface area contributed by atoms with E-state index in [1.165, 1.54) is 12.8 Å². The molecule has 1 saturated heterocycles. The molecule has 4 heteroatoms. The van der Waals surface area contributed by atoms with Crippen LogP contribution in [0.5, 0.6) is 0 Å². The van der Waals surface area contributed by atoms with Crippen LogP contribution in [0.25, 0.3) is 0 Å². The normalized spacial score (nSPS) is 21.4. The van der Waals surface area contributed by atoms with Gasteiger partial charge in [-0.05, 0) is 39.2 Å². The van der Waals surface area contributed by atoms with Crippen molar-refractivity contribution in [3.63, 3.8) is 0 Å². The van der Waals surface area contributed by atoms with Gasteiger partial charge in [0.1, 0.15) is 0 Å². The lowest BCUT2D eigenvalue weighted by atomic mass is 9.96. The summed E-state index contributed by atoms with van der Waals surface area (Å²) >= 11 is 1.98. The lowest BCUT2D eigenvalue weighted by molar-refractivity contribution is 0.200. The van der Waals surface area contributed by atoms with E-state index in [0.717, 1.165) is 26.2 Å². The van der Waals surface area contributed by atoms with Crippen LogP contribution in [0.2, 0.25) is 0 Å². The fourth-order valence-electron chi connectivity index (χ4n) is 2.05. The molecule has 0 radical (unpaired) electrons. The van der Waals surface area contributed by atoms with E-state index < -0.39 is 0 Å². The summed E-state index contributed by atoms with van der Waals surface area (Å²) in [6.07, 6.45) is 4.69. The van der Waals surface area contributed by atoms with Gasteiger partial charge >= 0.3 is 0 Å². The Kier molecular flexibility index (Phi) is 5.23. The third-order valence-electron chi connectivity index (χ3n) is 2.99. The summed E-state index contributed by atoms with van der Waals surface area (Å²) in [5, 5.41) is 12.3. The van der Waals surface area contributed by atoms with Crippen molar-refractivity contribution < 1.29 is 5.11 Å². The molecule has 1 rings (SSSR count). The Morgan fingerprint density at radius 3 is 2.57 bits per heavy atom. The molecule has 1 heterocycles. The summed E-state index contributed by atoms with van der Waals surface area (Å²) < 4.78 is 0.412. The molecule has 0 aromatic heterocycles. The summed E-state index contributed by atoms with van der Waals surface area (Å²) in [7, 11) is 2.09. The van der Waals surface area contributed by atoms with Crippen molar-refractivity contribution in [2.75, 3.05) is 46.1 Å². The van der Waals surface area contributed by atoms with Gasteiger partial charge in [0.05, 0.1) is 6.61 Å². The van der Waals surface area contributed by atoms with E-state index in [1.807, 2.05) is 11.8 Å².